The lowest BCUT2D eigenvalue weighted by atomic mass is 10.2. The molecule has 3 rings (SSSR count). The van der Waals surface area contributed by atoms with Crippen molar-refractivity contribution in [3.63, 3.8) is 0 Å². The minimum atomic E-state index is -0.213. The number of benzene rings is 2. The highest BCUT2D eigenvalue weighted by Gasteiger charge is 2.16. The molecule has 0 spiro atoms. The Hall–Kier alpha value is -2.84. The third-order valence-corrected chi connectivity index (χ3v) is 6.12. The van der Waals surface area contributed by atoms with E-state index in [-0.39, 0.29) is 29.8 Å². The zero-order valence-corrected chi connectivity index (χ0v) is 19.0. The second-order valence-corrected chi connectivity index (χ2v) is 8.80. The Morgan fingerprint density at radius 3 is 2.72 bits per heavy atom. The van der Waals surface area contributed by atoms with Gasteiger partial charge in [-0.2, -0.15) is 5.10 Å². The van der Waals surface area contributed by atoms with Crippen molar-refractivity contribution in [2.24, 2.45) is 5.10 Å². The van der Waals surface area contributed by atoms with Gasteiger partial charge in [-0.15, -0.1) is 11.8 Å². The molecule has 7 nitrogen and oxygen atoms in total. The SMILES string of the molecule is C[C@H](SCc1ccccc1)C(=O)N/N=C\c1ccc(OCC(=O)NC[C@H]2CCCO2)cc1. The van der Waals surface area contributed by atoms with Crippen molar-refractivity contribution in [3.8, 4) is 5.75 Å². The number of hydrazone groups is 1. The quantitative estimate of drug-likeness (QED) is 0.401. The summed E-state index contributed by atoms with van der Waals surface area (Å²) in [5.74, 6) is 1.04. The summed E-state index contributed by atoms with van der Waals surface area (Å²) in [6.07, 6.45) is 3.71. The standard InChI is InChI=1S/C24H29N3O4S/c1-18(32-17-20-6-3-2-4-7-20)24(29)27-26-14-19-9-11-21(12-10-19)31-16-23(28)25-15-22-8-5-13-30-22/h2-4,6-7,9-12,14,18,22H,5,8,13,15-17H2,1H3,(H,25,28)(H,27,29)/b26-14-/t18-,22+/m0/s1. The molecule has 1 heterocycles. The van der Waals surface area contributed by atoms with Gasteiger partial charge in [0.1, 0.15) is 5.75 Å². The van der Waals surface area contributed by atoms with Crippen molar-refractivity contribution in [1.82, 2.24) is 10.7 Å². The Kier molecular flexibility index (Phi) is 9.59. The Labute approximate surface area is 193 Å². The van der Waals surface area contributed by atoms with E-state index in [2.05, 4.69) is 15.8 Å². The van der Waals surface area contributed by atoms with Gasteiger partial charge in [-0.1, -0.05) is 30.3 Å². The van der Waals surface area contributed by atoms with Crippen molar-refractivity contribution in [2.75, 3.05) is 19.8 Å². The van der Waals surface area contributed by atoms with E-state index in [9.17, 15) is 9.59 Å². The van der Waals surface area contributed by atoms with Gasteiger partial charge in [0.25, 0.3) is 11.8 Å². The summed E-state index contributed by atoms with van der Waals surface area (Å²) >= 11 is 1.56. The third-order valence-electron chi connectivity index (χ3n) is 4.90. The van der Waals surface area contributed by atoms with Gasteiger partial charge in [0.15, 0.2) is 6.61 Å². The first-order chi connectivity index (χ1) is 15.6. The second kappa shape index (κ2) is 12.9. The molecule has 0 unspecified atom stereocenters. The highest BCUT2D eigenvalue weighted by molar-refractivity contribution is 7.99. The van der Waals surface area contributed by atoms with Crippen LogP contribution >= 0.6 is 11.8 Å². The summed E-state index contributed by atoms with van der Waals surface area (Å²) in [5, 5.41) is 6.64. The molecule has 0 radical (unpaired) electrons. The normalized spacial score (nSPS) is 16.6. The molecule has 0 aliphatic carbocycles. The predicted molar refractivity (Wildman–Crippen MR) is 127 cm³/mol. The Bertz CT molecular complexity index is 884. The minimum absolute atomic E-state index is 0.0469. The molecule has 32 heavy (non-hydrogen) atoms. The van der Waals surface area contributed by atoms with Crippen LogP contribution in [-0.4, -0.2) is 49.1 Å². The molecule has 2 aromatic carbocycles. The van der Waals surface area contributed by atoms with Crippen LogP contribution in [0.2, 0.25) is 0 Å². The van der Waals surface area contributed by atoms with E-state index in [4.69, 9.17) is 9.47 Å². The molecule has 0 bridgehead atoms. The number of thioether (sulfide) groups is 1. The number of nitrogens with zero attached hydrogens (tertiary/aromatic N) is 1. The first kappa shape index (κ1) is 23.8. The van der Waals surface area contributed by atoms with Gasteiger partial charge < -0.3 is 14.8 Å². The highest BCUT2D eigenvalue weighted by Crippen LogP contribution is 2.17. The maximum atomic E-state index is 12.2. The average Bonchev–Trinajstić information content (AvgIpc) is 3.35. The molecule has 2 N–H and O–H groups in total. The van der Waals surface area contributed by atoms with Crippen LogP contribution in [0.1, 0.15) is 30.9 Å². The summed E-state index contributed by atoms with van der Waals surface area (Å²) in [5.41, 5.74) is 4.57. The number of rotatable bonds is 11. The van der Waals surface area contributed by atoms with Crippen LogP contribution in [-0.2, 0) is 20.1 Å². The van der Waals surface area contributed by atoms with Crippen LogP contribution in [0.25, 0.3) is 0 Å². The van der Waals surface area contributed by atoms with Gasteiger partial charge in [0.05, 0.1) is 17.6 Å². The Balaban J connectivity index is 1.34. The van der Waals surface area contributed by atoms with E-state index in [0.717, 1.165) is 30.8 Å². The van der Waals surface area contributed by atoms with Gasteiger partial charge in [-0.05, 0) is 55.2 Å². The summed E-state index contributed by atoms with van der Waals surface area (Å²) in [4.78, 5) is 24.1. The maximum absolute atomic E-state index is 12.2. The molecule has 2 aromatic rings. The number of carbonyl (C=O) groups excluding carboxylic acids is 2. The number of carbonyl (C=O) groups is 2. The fourth-order valence-electron chi connectivity index (χ4n) is 3.02. The van der Waals surface area contributed by atoms with Crippen molar-refractivity contribution >= 4 is 29.8 Å². The molecule has 0 saturated carbocycles. The fourth-order valence-corrected chi connectivity index (χ4v) is 3.85. The van der Waals surface area contributed by atoms with Crippen molar-refractivity contribution in [1.29, 1.82) is 0 Å². The predicted octanol–water partition coefficient (Wildman–Crippen LogP) is 3.13. The lowest BCUT2D eigenvalue weighted by Crippen LogP contribution is -2.35. The molecule has 1 fully saturated rings. The van der Waals surface area contributed by atoms with E-state index in [1.807, 2.05) is 49.4 Å². The molecule has 170 valence electrons. The molecule has 1 saturated heterocycles. The summed E-state index contributed by atoms with van der Waals surface area (Å²) in [6.45, 7) is 3.10. The van der Waals surface area contributed by atoms with E-state index < -0.39 is 0 Å². The highest BCUT2D eigenvalue weighted by atomic mass is 32.2. The van der Waals surface area contributed by atoms with E-state index in [1.54, 1.807) is 30.1 Å². The smallest absolute Gasteiger partial charge is 0.258 e. The summed E-state index contributed by atoms with van der Waals surface area (Å²) in [7, 11) is 0. The molecule has 2 amide bonds. The monoisotopic (exact) mass is 455 g/mol. The van der Waals surface area contributed by atoms with Crippen LogP contribution in [0.5, 0.6) is 5.75 Å². The first-order valence-electron chi connectivity index (χ1n) is 10.7. The first-order valence-corrected chi connectivity index (χ1v) is 11.7. The van der Waals surface area contributed by atoms with Crippen molar-refractivity contribution in [3.05, 3.63) is 65.7 Å². The van der Waals surface area contributed by atoms with Crippen LogP contribution in [0.4, 0.5) is 0 Å². The largest absolute Gasteiger partial charge is 0.484 e. The second-order valence-electron chi connectivity index (χ2n) is 7.47. The number of hydrogen-bond acceptors (Lipinski definition) is 6. The zero-order chi connectivity index (χ0) is 22.6. The summed E-state index contributed by atoms with van der Waals surface area (Å²) < 4.78 is 11.0. The van der Waals surface area contributed by atoms with Gasteiger partial charge in [-0.25, -0.2) is 5.43 Å². The van der Waals surface area contributed by atoms with Gasteiger partial charge in [0, 0.05) is 18.9 Å². The van der Waals surface area contributed by atoms with Crippen LogP contribution < -0.4 is 15.5 Å². The van der Waals surface area contributed by atoms with E-state index >= 15 is 0 Å². The number of ether oxygens (including phenoxy) is 2. The van der Waals surface area contributed by atoms with Crippen molar-refractivity contribution < 1.29 is 19.1 Å². The Morgan fingerprint density at radius 2 is 2.00 bits per heavy atom. The molecule has 2 atom stereocenters. The Morgan fingerprint density at radius 1 is 1.22 bits per heavy atom. The van der Waals surface area contributed by atoms with E-state index in [0.29, 0.717) is 12.3 Å². The van der Waals surface area contributed by atoms with Gasteiger partial charge in [-0.3, -0.25) is 9.59 Å². The molecular weight excluding hydrogens is 426 g/mol. The van der Waals surface area contributed by atoms with Crippen LogP contribution in [0, 0.1) is 0 Å². The lowest BCUT2D eigenvalue weighted by Gasteiger charge is -2.11. The molecule has 8 heteroatoms. The van der Waals surface area contributed by atoms with Crippen LogP contribution in [0.15, 0.2) is 59.7 Å². The lowest BCUT2D eigenvalue weighted by molar-refractivity contribution is -0.123. The van der Waals surface area contributed by atoms with Gasteiger partial charge >= 0.3 is 0 Å². The number of amides is 2. The molecular formula is C24H29N3O4S. The van der Waals surface area contributed by atoms with Crippen LogP contribution in [0.3, 0.4) is 0 Å². The topological polar surface area (TPSA) is 89.0 Å². The molecule has 0 aromatic heterocycles. The average molecular weight is 456 g/mol. The zero-order valence-electron chi connectivity index (χ0n) is 18.2. The summed E-state index contributed by atoms with van der Waals surface area (Å²) in [6, 6.07) is 17.2. The fraction of sp³-hybridized carbons (Fsp3) is 0.375. The van der Waals surface area contributed by atoms with Crippen molar-refractivity contribution in [2.45, 2.75) is 36.9 Å². The number of nitrogens with one attached hydrogen (secondary N) is 2. The van der Waals surface area contributed by atoms with Gasteiger partial charge in [0.2, 0.25) is 0 Å². The number of hydrogen-bond donors (Lipinski definition) is 2. The van der Waals surface area contributed by atoms with E-state index in [1.165, 1.54) is 5.56 Å². The maximum Gasteiger partial charge on any atom is 0.258 e. The minimum Gasteiger partial charge on any atom is -0.484 e. The molecule has 1 aliphatic heterocycles. The third kappa shape index (κ3) is 8.36. The molecule has 1 aliphatic rings.